The molecule has 0 bridgehead atoms. The van der Waals surface area contributed by atoms with E-state index >= 15 is 0 Å². The summed E-state index contributed by atoms with van der Waals surface area (Å²) in [5.41, 5.74) is 19.4. The first kappa shape index (κ1) is 32.2. The molecule has 262 valence electrons. The molecular formula is C54H36N2. The van der Waals surface area contributed by atoms with Crippen molar-refractivity contribution in [2.24, 2.45) is 0 Å². The van der Waals surface area contributed by atoms with E-state index in [0.717, 1.165) is 39.3 Å². The van der Waals surface area contributed by atoms with Gasteiger partial charge in [-0.05, 0) is 98.1 Å². The summed E-state index contributed by atoms with van der Waals surface area (Å²) in [7, 11) is 0. The molecule has 1 aliphatic heterocycles. The molecule has 0 saturated carbocycles. The van der Waals surface area contributed by atoms with E-state index < -0.39 is 5.41 Å². The van der Waals surface area contributed by atoms with E-state index in [2.05, 4.69) is 223 Å². The number of rotatable bonds is 5. The lowest BCUT2D eigenvalue weighted by atomic mass is 9.64. The van der Waals surface area contributed by atoms with E-state index in [9.17, 15) is 0 Å². The van der Waals surface area contributed by atoms with Gasteiger partial charge >= 0.3 is 0 Å². The van der Waals surface area contributed by atoms with Crippen LogP contribution in [0.5, 0.6) is 0 Å². The zero-order valence-electron chi connectivity index (χ0n) is 30.7. The second-order valence-electron chi connectivity index (χ2n) is 14.7. The summed E-state index contributed by atoms with van der Waals surface area (Å²) in [6.07, 6.45) is 0. The Labute approximate surface area is 327 Å². The Balaban J connectivity index is 1.18. The molecule has 56 heavy (non-hydrogen) atoms. The van der Waals surface area contributed by atoms with Gasteiger partial charge in [-0.2, -0.15) is 0 Å². The summed E-state index contributed by atoms with van der Waals surface area (Å²) >= 11 is 0. The minimum Gasteiger partial charge on any atom is -0.310 e. The minimum atomic E-state index is -0.537. The molecule has 0 amide bonds. The number of hydrogen-bond acceptors (Lipinski definition) is 2. The molecular weight excluding hydrogens is 677 g/mol. The predicted octanol–water partition coefficient (Wildman–Crippen LogP) is 13.9. The number of para-hydroxylation sites is 3. The maximum atomic E-state index is 5.55. The first-order valence-corrected chi connectivity index (χ1v) is 19.3. The first-order chi connectivity index (χ1) is 27.8. The van der Waals surface area contributed by atoms with Gasteiger partial charge in [-0.15, -0.1) is 0 Å². The highest BCUT2D eigenvalue weighted by Crippen LogP contribution is 2.64. The molecule has 0 radical (unpaired) electrons. The fraction of sp³-hybridized carbons (Fsp3) is 0.0185. The maximum absolute atomic E-state index is 5.55. The van der Waals surface area contributed by atoms with Crippen LogP contribution in [-0.2, 0) is 5.41 Å². The molecule has 9 aromatic rings. The Bertz CT molecular complexity index is 2870. The van der Waals surface area contributed by atoms with Gasteiger partial charge in [0.25, 0.3) is 0 Å². The molecule has 0 N–H and O–H groups in total. The van der Waals surface area contributed by atoms with E-state index in [1.165, 1.54) is 55.9 Å². The molecule has 0 unspecified atom stereocenters. The van der Waals surface area contributed by atoms with Gasteiger partial charge in [-0.1, -0.05) is 176 Å². The molecule has 0 atom stereocenters. The van der Waals surface area contributed by atoms with Gasteiger partial charge in [0.05, 0.1) is 28.2 Å². The SMILES string of the molecule is c1ccc(-c2cccc(-c3cc(-c4ccccc4)cc(-c4cccc5c4-c4ccccc4C54c5ccccc5N(c5ccccc5)c5ccccc54)n3)c2)cc1. The average molecular weight is 713 g/mol. The third-order valence-electron chi connectivity index (χ3n) is 11.7. The number of aromatic nitrogens is 1. The van der Waals surface area contributed by atoms with Crippen molar-refractivity contribution in [1.82, 2.24) is 4.98 Å². The Morgan fingerprint density at radius 1 is 0.321 bits per heavy atom. The summed E-state index contributed by atoms with van der Waals surface area (Å²) in [5.74, 6) is 0. The lowest BCUT2D eigenvalue weighted by Crippen LogP contribution is -2.36. The number of nitrogens with zero attached hydrogens (tertiary/aromatic N) is 2. The first-order valence-electron chi connectivity index (χ1n) is 19.3. The fourth-order valence-electron chi connectivity index (χ4n) is 9.33. The molecule has 2 heterocycles. The van der Waals surface area contributed by atoms with Crippen LogP contribution in [0.1, 0.15) is 22.3 Å². The van der Waals surface area contributed by atoms with Gasteiger partial charge < -0.3 is 4.90 Å². The second kappa shape index (κ2) is 12.9. The monoisotopic (exact) mass is 712 g/mol. The van der Waals surface area contributed by atoms with Crippen molar-refractivity contribution in [3.63, 3.8) is 0 Å². The maximum Gasteiger partial charge on any atom is 0.0754 e. The van der Waals surface area contributed by atoms with E-state index in [1.54, 1.807) is 0 Å². The molecule has 1 spiro atoms. The van der Waals surface area contributed by atoms with Gasteiger partial charge in [0.1, 0.15) is 0 Å². The number of hydrogen-bond donors (Lipinski definition) is 0. The smallest absolute Gasteiger partial charge is 0.0754 e. The van der Waals surface area contributed by atoms with Crippen LogP contribution in [0.4, 0.5) is 17.1 Å². The Kier molecular flexibility index (Phi) is 7.43. The van der Waals surface area contributed by atoms with Gasteiger partial charge in [0, 0.05) is 16.8 Å². The normalized spacial score (nSPS) is 13.1. The number of benzene rings is 8. The van der Waals surface area contributed by atoms with Crippen LogP contribution < -0.4 is 4.90 Å². The van der Waals surface area contributed by atoms with Crippen molar-refractivity contribution in [2.75, 3.05) is 4.90 Å². The van der Waals surface area contributed by atoms with Crippen LogP contribution in [0.25, 0.3) is 55.9 Å². The third kappa shape index (κ3) is 4.86. The third-order valence-corrected chi connectivity index (χ3v) is 11.7. The van der Waals surface area contributed by atoms with Crippen LogP contribution in [-0.4, -0.2) is 4.98 Å². The fourth-order valence-corrected chi connectivity index (χ4v) is 9.33. The van der Waals surface area contributed by atoms with Crippen LogP contribution in [0.15, 0.2) is 218 Å². The van der Waals surface area contributed by atoms with E-state index in [-0.39, 0.29) is 0 Å². The zero-order valence-corrected chi connectivity index (χ0v) is 30.7. The lowest BCUT2D eigenvalue weighted by Gasteiger charge is -2.45. The van der Waals surface area contributed by atoms with Gasteiger partial charge in [-0.25, -0.2) is 4.98 Å². The van der Waals surface area contributed by atoms with Gasteiger partial charge in [0.2, 0.25) is 0 Å². The van der Waals surface area contributed by atoms with E-state index in [4.69, 9.17) is 4.98 Å². The van der Waals surface area contributed by atoms with Crippen molar-refractivity contribution in [3.8, 4) is 55.9 Å². The van der Waals surface area contributed by atoms with Crippen molar-refractivity contribution in [1.29, 1.82) is 0 Å². The highest BCUT2D eigenvalue weighted by molar-refractivity contribution is 6.00. The molecule has 11 rings (SSSR count). The average Bonchev–Trinajstić information content (AvgIpc) is 3.58. The summed E-state index contributed by atoms with van der Waals surface area (Å²) < 4.78 is 0. The summed E-state index contributed by atoms with van der Waals surface area (Å²) in [5, 5.41) is 0. The number of pyridine rings is 1. The molecule has 2 aliphatic rings. The molecule has 8 aromatic carbocycles. The van der Waals surface area contributed by atoms with Crippen LogP contribution >= 0.6 is 0 Å². The Hall–Kier alpha value is -7.29. The Morgan fingerprint density at radius 2 is 0.804 bits per heavy atom. The summed E-state index contributed by atoms with van der Waals surface area (Å²) in [4.78, 5) is 7.98. The minimum absolute atomic E-state index is 0.537. The quantitative estimate of drug-likeness (QED) is 0.177. The molecule has 0 fully saturated rings. The Morgan fingerprint density at radius 3 is 1.50 bits per heavy atom. The standard InChI is InChI=1S/C54H36N2/c1-4-18-37(19-5-1)39-22-16-23-40(34-39)49-35-41(38-20-6-2-7-21-38)36-50(55-49)44-27-17-31-48-53(44)43-26-10-11-28-45(43)54(48)46-29-12-14-32-51(46)56(42-24-8-3-9-25-42)52-33-15-13-30-47(52)54/h1-36H. The van der Waals surface area contributed by atoms with Crippen molar-refractivity contribution in [3.05, 3.63) is 241 Å². The van der Waals surface area contributed by atoms with Crippen LogP contribution in [0, 0.1) is 0 Å². The van der Waals surface area contributed by atoms with Crippen LogP contribution in [0.2, 0.25) is 0 Å². The highest BCUT2D eigenvalue weighted by Gasteiger charge is 2.52. The van der Waals surface area contributed by atoms with Crippen molar-refractivity contribution >= 4 is 17.1 Å². The lowest BCUT2D eigenvalue weighted by molar-refractivity contribution is 0.753. The highest BCUT2D eigenvalue weighted by atomic mass is 15.2. The summed E-state index contributed by atoms with van der Waals surface area (Å²) in [6, 6.07) is 79.2. The second-order valence-corrected chi connectivity index (χ2v) is 14.7. The van der Waals surface area contributed by atoms with Crippen molar-refractivity contribution in [2.45, 2.75) is 5.41 Å². The number of anilines is 3. The molecule has 2 nitrogen and oxygen atoms in total. The van der Waals surface area contributed by atoms with Crippen molar-refractivity contribution < 1.29 is 0 Å². The van der Waals surface area contributed by atoms with E-state index in [0.29, 0.717) is 0 Å². The van der Waals surface area contributed by atoms with E-state index in [1.807, 2.05) is 0 Å². The largest absolute Gasteiger partial charge is 0.310 e. The molecule has 2 heteroatoms. The molecule has 1 aromatic heterocycles. The summed E-state index contributed by atoms with van der Waals surface area (Å²) in [6.45, 7) is 0. The predicted molar refractivity (Wildman–Crippen MR) is 232 cm³/mol. The van der Waals surface area contributed by atoms with Crippen LogP contribution in [0.3, 0.4) is 0 Å². The topological polar surface area (TPSA) is 16.1 Å². The van der Waals surface area contributed by atoms with Gasteiger partial charge in [-0.3, -0.25) is 0 Å². The number of fused-ring (bicyclic) bond motifs is 9. The molecule has 1 aliphatic carbocycles. The van der Waals surface area contributed by atoms with Gasteiger partial charge in [0.15, 0.2) is 0 Å². The molecule has 0 saturated heterocycles. The zero-order chi connectivity index (χ0) is 37.1.